The van der Waals surface area contributed by atoms with Gasteiger partial charge in [0.1, 0.15) is 5.01 Å². The number of thiazole rings is 1. The third kappa shape index (κ3) is 1.85. The fraction of sp³-hybridized carbons (Fsp3) is 0. The van der Waals surface area contributed by atoms with E-state index in [1.165, 1.54) is 11.3 Å². The van der Waals surface area contributed by atoms with E-state index in [9.17, 15) is 0 Å². The van der Waals surface area contributed by atoms with Gasteiger partial charge in [0.25, 0.3) is 0 Å². The van der Waals surface area contributed by atoms with Gasteiger partial charge >= 0.3 is 0 Å². The molecule has 70 valence electrons. The smallest absolute Gasteiger partial charge is 0.123 e. The van der Waals surface area contributed by atoms with Crippen molar-refractivity contribution in [3.05, 3.63) is 40.9 Å². The summed E-state index contributed by atoms with van der Waals surface area (Å²) in [5, 5.41) is 20.3. The predicted octanol–water partition coefficient (Wildman–Crippen LogP) is 2.55. The first-order valence-electron chi connectivity index (χ1n) is 4.18. The molecule has 0 atom stereocenters. The van der Waals surface area contributed by atoms with Crippen molar-refractivity contribution in [1.29, 1.82) is 10.5 Å². The van der Waals surface area contributed by atoms with Crippen LogP contribution in [0.4, 0.5) is 0 Å². The van der Waals surface area contributed by atoms with E-state index < -0.39 is 0 Å². The van der Waals surface area contributed by atoms with Gasteiger partial charge in [-0.3, -0.25) is 0 Å². The summed E-state index contributed by atoms with van der Waals surface area (Å²) in [7, 11) is 0. The zero-order chi connectivity index (χ0) is 10.7. The molecule has 1 aromatic carbocycles. The summed E-state index contributed by atoms with van der Waals surface area (Å²) in [4.78, 5) is 4.14. The Morgan fingerprint density at radius 3 is 2.20 bits per heavy atom. The topological polar surface area (TPSA) is 60.5 Å². The Labute approximate surface area is 90.9 Å². The van der Waals surface area contributed by atoms with E-state index >= 15 is 0 Å². The minimum absolute atomic E-state index is 0.485. The standard InChI is InChI=1S/C11H5N3S/c12-6-8-3-9(7-13)5-10(4-8)11-14-1-2-15-11/h1-5H. The average molecular weight is 211 g/mol. The molecule has 1 aromatic heterocycles. The lowest BCUT2D eigenvalue weighted by Crippen LogP contribution is -1.83. The summed E-state index contributed by atoms with van der Waals surface area (Å²) < 4.78 is 0. The predicted molar refractivity (Wildman–Crippen MR) is 57.0 cm³/mol. The molecular formula is C11H5N3S. The van der Waals surface area contributed by atoms with Gasteiger partial charge in [-0.25, -0.2) is 4.98 Å². The van der Waals surface area contributed by atoms with Crippen molar-refractivity contribution in [2.75, 3.05) is 0 Å². The fourth-order valence-corrected chi connectivity index (χ4v) is 1.87. The van der Waals surface area contributed by atoms with Crippen LogP contribution in [0.1, 0.15) is 11.1 Å². The van der Waals surface area contributed by atoms with Crippen LogP contribution in [0.2, 0.25) is 0 Å². The van der Waals surface area contributed by atoms with Crippen molar-refractivity contribution < 1.29 is 0 Å². The maximum Gasteiger partial charge on any atom is 0.123 e. The molecule has 0 spiro atoms. The molecule has 0 fully saturated rings. The second kappa shape index (κ2) is 3.91. The first-order valence-corrected chi connectivity index (χ1v) is 5.06. The normalized spacial score (nSPS) is 9.20. The van der Waals surface area contributed by atoms with E-state index in [1.54, 1.807) is 24.4 Å². The molecule has 0 amide bonds. The summed E-state index contributed by atoms with van der Waals surface area (Å²) in [6.07, 6.45) is 1.70. The molecule has 3 nitrogen and oxygen atoms in total. The van der Waals surface area contributed by atoms with Crippen LogP contribution in [0.3, 0.4) is 0 Å². The molecule has 2 aromatic rings. The van der Waals surface area contributed by atoms with Crippen LogP contribution in [0, 0.1) is 22.7 Å². The van der Waals surface area contributed by atoms with Crippen molar-refractivity contribution in [1.82, 2.24) is 4.98 Å². The van der Waals surface area contributed by atoms with Gasteiger partial charge in [-0.05, 0) is 18.2 Å². The van der Waals surface area contributed by atoms with Gasteiger partial charge in [0.05, 0.1) is 23.3 Å². The van der Waals surface area contributed by atoms with E-state index in [1.807, 2.05) is 17.5 Å². The number of hydrogen-bond acceptors (Lipinski definition) is 4. The zero-order valence-corrected chi connectivity index (χ0v) is 8.45. The summed E-state index contributed by atoms with van der Waals surface area (Å²) in [6, 6.07) is 9.10. The van der Waals surface area contributed by atoms with E-state index in [-0.39, 0.29) is 0 Å². The van der Waals surface area contributed by atoms with Crippen LogP contribution in [0.25, 0.3) is 10.6 Å². The van der Waals surface area contributed by atoms with Crippen LogP contribution >= 0.6 is 11.3 Å². The van der Waals surface area contributed by atoms with E-state index in [2.05, 4.69) is 4.98 Å². The van der Waals surface area contributed by atoms with Crippen LogP contribution in [0.15, 0.2) is 29.8 Å². The highest BCUT2D eigenvalue weighted by Crippen LogP contribution is 2.23. The molecule has 0 saturated heterocycles. The lowest BCUT2D eigenvalue weighted by Gasteiger charge is -1.98. The van der Waals surface area contributed by atoms with Crippen LogP contribution in [0.5, 0.6) is 0 Å². The van der Waals surface area contributed by atoms with Gasteiger partial charge in [-0.1, -0.05) is 0 Å². The number of hydrogen-bond donors (Lipinski definition) is 0. The highest BCUT2D eigenvalue weighted by Gasteiger charge is 2.04. The number of rotatable bonds is 1. The Bertz CT molecular complexity index is 526. The summed E-state index contributed by atoms with van der Waals surface area (Å²) in [6.45, 7) is 0. The fourth-order valence-electron chi connectivity index (χ4n) is 1.25. The SMILES string of the molecule is N#Cc1cc(C#N)cc(-c2nccs2)c1. The molecule has 0 N–H and O–H groups in total. The molecule has 2 rings (SSSR count). The summed E-state index contributed by atoms with van der Waals surface area (Å²) in [5.41, 5.74) is 1.79. The van der Waals surface area contributed by atoms with Crippen LogP contribution < -0.4 is 0 Å². The van der Waals surface area contributed by atoms with Gasteiger partial charge in [0.2, 0.25) is 0 Å². The molecule has 0 unspecified atom stereocenters. The molecule has 0 aliphatic rings. The molecule has 1 heterocycles. The maximum atomic E-state index is 8.80. The number of aromatic nitrogens is 1. The van der Waals surface area contributed by atoms with E-state index in [4.69, 9.17) is 10.5 Å². The van der Waals surface area contributed by atoms with Gasteiger partial charge in [0.15, 0.2) is 0 Å². The Morgan fingerprint density at radius 1 is 1.07 bits per heavy atom. The van der Waals surface area contributed by atoms with Crippen molar-refractivity contribution in [2.24, 2.45) is 0 Å². The molecule has 0 bridgehead atoms. The Kier molecular flexibility index (Phi) is 2.45. The second-order valence-electron chi connectivity index (χ2n) is 2.86. The minimum Gasteiger partial charge on any atom is -0.245 e. The van der Waals surface area contributed by atoms with Crippen molar-refractivity contribution >= 4 is 11.3 Å². The summed E-state index contributed by atoms with van der Waals surface area (Å²) >= 11 is 1.48. The Balaban J connectivity index is 2.59. The molecule has 4 heteroatoms. The number of nitrogens with zero attached hydrogens (tertiary/aromatic N) is 3. The molecule has 0 saturated carbocycles. The molecule has 0 aliphatic carbocycles. The highest BCUT2D eigenvalue weighted by atomic mass is 32.1. The van der Waals surface area contributed by atoms with Crippen molar-refractivity contribution in [3.8, 4) is 22.7 Å². The second-order valence-corrected chi connectivity index (χ2v) is 3.75. The van der Waals surface area contributed by atoms with E-state index in [0.717, 1.165) is 10.6 Å². The van der Waals surface area contributed by atoms with Crippen LogP contribution in [-0.4, -0.2) is 4.98 Å². The number of nitriles is 2. The van der Waals surface area contributed by atoms with Gasteiger partial charge in [-0.15, -0.1) is 11.3 Å². The molecule has 0 aliphatic heterocycles. The van der Waals surface area contributed by atoms with Crippen molar-refractivity contribution in [3.63, 3.8) is 0 Å². The Hall–Kier alpha value is -2.17. The average Bonchev–Trinajstić information content (AvgIpc) is 2.81. The number of benzene rings is 1. The largest absolute Gasteiger partial charge is 0.245 e. The zero-order valence-electron chi connectivity index (χ0n) is 7.64. The lowest BCUT2D eigenvalue weighted by molar-refractivity contribution is 1.39. The minimum atomic E-state index is 0.485. The first-order chi connectivity index (χ1) is 7.33. The van der Waals surface area contributed by atoms with E-state index in [0.29, 0.717) is 11.1 Å². The third-order valence-electron chi connectivity index (χ3n) is 1.87. The first kappa shape index (κ1) is 9.39. The third-order valence-corrected chi connectivity index (χ3v) is 2.69. The van der Waals surface area contributed by atoms with Crippen LogP contribution in [-0.2, 0) is 0 Å². The van der Waals surface area contributed by atoms with Crippen molar-refractivity contribution in [2.45, 2.75) is 0 Å². The monoisotopic (exact) mass is 211 g/mol. The Morgan fingerprint density at radius 2 is 1.73 bits per heavy atom. The highest BCUT2D eigenvalue weighted by molar-refractivity contribution is 7.13. The molecule has 0 radical (unpaired) electrons. The maximum absolute atomic E-state index is 8.80. The quantitative estimate of drug-likeness (QED) is 0.728. The molecular weight excluding hydrogens is 206 g/mol. The summed E-state index contributed by atoms with van der Waals surface area (Å²) in [5.74, 6) is 0. The van der Waals surface area contributed by atoms with Gasteiger partial charge in [0, 0.05) is 17.1 Å². The van der Waals surface area contributed by atoms with Gasteiger partial charge < -0.3 is 0 Å². The lowest BCUT2D eigenvalue weighted by atomic mass is 10.1. The molecule has 15 heavy (non-hydrogen) atoms. The van der Waals surface area contributed by atoms with Gasteiger partial charge in [-0.2, -0.15) is 10.5 Å².